The van der Waals surface area contributed by atoms with E-state index in [0.29, 0.717) is 0 Å². The van der Waals surface area contributed by atoms with Gasteiger partial charge in [-0.3, -0.25) is 0 Å². The fourth-order valence-electron chi connectivity index (χ4n) is 1.42. The lowest BCUT2D eigenvalue weighted by atomic mass is 9.85. The maximum Gasteiger partial charge on any atom is 0.509 e. The van der Waals surface area contributed by atoms with E-state index in [-0.39, 0.29) is 17.6 Å². The molecule has 70 valence electrons. The van der Waals surface area contributed by atoms with Crippen LogP contribution >= 0.6 is 0 Å². The summed E-state index contributed by atoms with van der Waals surface area (Å²) in [6.07, 6.45) is 0.113. The molecule has 12 heavy (non-hydrogen) atoms. The van der Waals surface area contributed by atoms with Crippen LogP contribution < -0.4 is 0 Å². The fraction of sp³-hybridized carbons (Fsp3) is 0.889. The van der Waals surface area contributed by atoms with Gasteiger partial charge in [0, 0.05) is 5.41 Å². The summed E-state index contributed by atoms with van der Waals surface area (Å²) in [7, 11) is 0. The molecule has 2 atom stereocenters. The van der Waals surface area contributed by atoms with Crippen molar-refractivity contribution in [2.75, 3.05) is 0 Å². The highest BCUT2D eigenvalue weighted by atomic mass is 16.8. The summed E-state index contributed by atoms with van der Waals surface area (Å²) in [4.78, 5) is 10.8. The molecular weight excluding hydrogens is 156 g/mol. The number of carbonyl (C=O) groups excluding carboxylic acids is 1. The van der Waals surface area contributed by atoms with Crippen LogP contribution in [0.4, 0.5) is 4.79 Å². The van der Waals surface area contributed by atoms with E-state index in [1.54, 1.807) is 0 Å². The zero-order chi connectivity index (χ0) is 9.35. The number of hydrogen-bond acceptors (Lipinski definition) is 3. The molecule has 0 amide bonds. The van der Waals surface area contributed by atoms with Gasteiger partial charge in [-0.1, -0.05) is 27.7 Å². The van der Waals surface area contributed by atoms with Crippen molar-refractivity contribution >= 4 is 6.16 Å². The highest BCUT2D eigenvalue weighted by Gasteiger charge is 2.42. The van der Waals surface area contributed by atoms with Crippen molar-refractivity contribution in [3.8, 4) is 0 Å². The van der Waals surface area contributed by atoms with Gasteiger partial charge in [0.1, 0.15) is 12.2 Å². The highest BCUT2D eigenvalue weighted by Crippen LogP contribution is 2.32. The molecule has 2 unspecified atom stereocenters. The van der Waals surface area contributed by atoms with Gasteiger partial charge in [0.2, 0.25) is 0 Å². The second-order valence-corrected chi connectivity index (χ2v) is 4.22. The Balaban J connectivity index is 2.70. The molecule has 0 aromatic heterocycles. The number of carbonyl (C=O) groups is 1. The standard InChI is InChI=1S/C9H16O3/c1-5-6-7(9(2,3)4)12-8(10)11-6/h6-7H,5H2,1-4H3. The normalized spacial score (nSPS) is 29.8. The van der Waals surface area contributed by atoms with Gasteiger partial charge < -0.3 is 9.47 Å². The number of cyclic esters (lactones) is 2. The summed E-state index contributed by atoms with van der Waals surface area (Å²) in [6, 6.07) is 0. The molecule has 3 heteroatoms. The first-order chi connectivity index (χ1) is 5.45. The predicted molar refractivity (Wildman–Crippen MR) is 44.9 cm³/mol. The van der Waals surface area contributed by atoms with E-state index in [2.05, 4.69) is 0 Å². The monoisotopic (exact) mass is 172 g/mol. The van der Waals surface area contributed by atoms with Gasteiger partial charge in [0.25, 0.3) is 0 Å². The van der Waals surface area contributed by atoms with Crippen molar-refractivity contribution in [3.05, 3.63) is 0 Å². The highest BCUT2D eigenvalue weighted by molar-refractivity contribution is 5.62. The minimum atomic E-state index is -0.526. The van der Waals surface area contributed by atoms with Crippen LogP contribution in [0.3, 0.4) is 0 Å². The third kappa shape index (κ3) is 1.71. The zero-order valence-electron chi connectivity index (χ0n) is 8.09. The van der Waals surface area contributed by atoms with Crippen molar-refractivity contribution in [2.24, 2.45) is 5.41 Å². The Hall–Kier alpha value is -0.730. The lowest BCUT2D eigenvalue weighted by Crippen LogP contribution is -2.34. The Kier molecular flexibility index (Phi) is 2.31. The molecule has 0 aromatic carbocycles. The minimum Gasteiger partial charge on any atom is -0.427 e. The Morgan fingerprint density at radius 1 is 1.33 bits per heavy atom. The molecule has 1 aliphatic heterocycles. The smallest absolute Gasteiger partial charge is 0.427 e. The van der Waals surface area contributed by atoms with E-state index in [9.17, 15) is 4.79 Å². The molecule has 1 fully saturated rings. The number of rotatable bonds is 1. The van der Waals surface area contributed by atoms with Crippen molar-refractivity contribution in [3.63, 3.8) is 0 Å². The van der Waals surface area contributed by atoms with Crippen LogP contribution in [-0.4, -0.2) is 18.4 Å². The van der Waals surface area contributed by atoms with Crippen LogP contribution in [0.2, 0.25) is 0 Å². The molecule has 0 saturated carbocycles. The van der Waals surface area contributed by atoms with E-state index in [0.717, 1.165) is 6.42 Å². The molecule has 0 bridgehead atoms. The third-order valence-electron chi connectivity index (χ3n) is 2.06. The van der Waals surface area contributed by atoms with E-state index in [1.807, 2.05) is 27.7 Å². The molecule has 1 saturated heterocycles. The van der Waals surface area contributed by atoms with Crippen LogP contribution in [0.15, 0.2) is 0 Å². The SMILES string of the molecule is CCC1OC(=O)OC1C(C)(C)C. The predicted octanol–water partition coefficient (Wildman–Crippen LogP) is 2.35. The quantitative estimate of drug-likeness (QED) is 0.569. The van der Waals surface area contributed by atoms with Crippen molar-refractivity contribution in [2.45, 2.75) is 46.3 Å². The average molecular weight is 172 g/mol. The Bertz CT molecular complexity index is 181. The van der Waals surface area contributed by atoms with Crippen LogP contribution in [-0.2, 0) is 9.47 Å². The third-order valence-corrected chi connectivity index (χ3v) is 2.06. The van der Waals surface area contributed by atoms with Crippen molar-refractivity contribution in [1.29, 1.82) is 0 Å². The molecule has 1 rings (SSSR count). The zero-order valence-corrected chi connectivity index (χ0v) is 8.09. The molecule has 0 radical (unpaired) electrons. The lowest BCUT2D eigenvalue weighted by Gasteiger charge is -2.27. The molecule has 0 N–H and O–H groups in total. The van der Waals surface area contributed by atoms with E-state index in [4.69, 9.17) is 9.47 Å². The molecule has 0 spiro atoms. The average Bonchev–Trinajstić information content (AvgIpc) is 2.29. The molecule has 3 nitrogen and oxygen atoms in total. The Morgan fingerprint density at radius 3 is 2.25 bits per heavy atom. The summed E-state index contributed by atoms with van der Waals surface area (Å²) in [5, 5.41) is 0. The molecule has 0 aliphatic carbocycles. The maximum absolute atomic E-state index is 10.8. The van der Waals surface area contributed by atoms with Gasteiger partial charge >= 0.3 is 6.16 Å². The fourth-order valence-corrected chi connectivity index (χ4v) is 1.42. The topological polar surface area (TPSA) is 35.5 Å². The Morgan fingerprint density at radius 2 is 1.92 bits per heavy atom. The molecule has 1 aliphatic rings. The van der Waals surface area contributed by atoms with Gasteiger partial charge in [-0.25, -0.2) is 4.79 Å². The molecule has 1 heterocycles. The lowest BCUT2D eigenvalue weighted by molar-refractivity contribution is 0.0503. The van der Waals surface area contributed by atoms with E-state index >= 15 is 0 Å². The number of hydrogen-bond donors (Lipinski definition) is 0. The summed E-state index contributed by atoms with van der Waals surface area (Å²) < 4.78 is 10.1. The largest absolute Gasteiger partial charge is 0.509 e. The molecular formula is C9H16O3. The van der Waals surface area contributed by atoms with Gasteiger partial charge in [-0.2, -0.15) is 0 Å². The molecule has 0 aromatic rings. The summed E-state index contributed by atoms with van der Waals surface area (Å²) in [6.45, 7) is 8.12. The van der Waals surface area contributed by atoms with Crippen molar-refractivity contribution in [1.82, 2.24) is 0 Å². The van der Waals surface area contributed by atoms with Gasteiger partial charge in [-0.15, -0.1) is 0 Å². The minimum absolute atomic E-state index is 0.0349. The van der Waals surface area contributed by atoms with Crippen LogP contribution in [0, 0.1) is 5.41 Å². The second-order valence-electron chi connectivity index (χ2n) is 4.22. The second kappa shape index (κ2) is 2.96. The Labute approximate surface area is 73.0 Å². The van der Waals surface area contributed by atoms with Crippen LogP contribution in [0.1, 0.15) is 34.1 Å². The first kappa shape index (κ1) is 9.36. The van der Waals surface area contributed by atoms with Crippen molar-refractivity contribution < 1.29 is 14.3 Å². The summed E-state index contributed by atoms with van der Waals surface area (Å²) >= 11 is 0. The van der Waals surface area contributed by atoms with E-state index in [1.165, 1.54) is 0 Å². The van der Waals surface area contributed by atoms with E-state index < -0.39 is 6.16 Å². The first-order valence-corrected chi connectivity index (χ1v) is 4.32. The first-order valence-electron chi connectivity index (χ1n) is 4.32. The van der Waals surface area contributed by atoms with Crippen LogP contribution in [0.25, 0.3) is 0 Å². The maximum atomic E-state index is 10.8. The summed E-state index contributed by atoms with van der Waals surface area (Å²) in [5.41, 5.74) is -0.0349. The van der Waals surface area contributed by atoms with Gasteiger partial charge in [0.05, 0.1) is 0 Å². The van der Waals surface area contributed by atoms with Crippen LogP contribution in [0.5, 0.6) is 0 Å². The number of ether oxygens (including phenoxy) is 2. The summed E-state index contributed by atoms with van der Waals surface area (Å²) in [5.74, 6) is 0. The van der Waals surface area contributed by atoms with Gasteiger partial charge in [-0.05, 0) is 6.42 Å². The van der Waals surface area contributed by atoms with Gasteiger partial charge in [0.15, 0.2) is 0 Å².